The van der Waals surface area contributed by atoms with E-state index in [2.05, 4.69) is 6.92 Å². The Labute approximate surface area is 104 Å². The number of hydrogen-bond acceptors (Lipinski definition) is 3. The van der Waals surface area contributed by atoms with Gasteiger partial charge in [0.15, 0.2) is 0 Å². The third-order valence-electron chi connectivity index (χ3n) is 3.03. The molecule has 1 rings (SSSR count). The average molecular weight is 246 g/mol. The van der Waals surface area contributed by atoms with Crippen LogP contribution in [0.25, 0.3) is 0 Å². The molecule has 0 aliphatic heterocycles. The monoisotopic (exact) mass is 246 g/mol. The highest BCUT2D eigenvalue weighted by Gasteiger charge is 2.15. The second kappa shape index (κ2) is 9.32. The first kappa shape index (κ1) is 14.3. The molecular formula is C13H26O2S. The zero-order valence-corrected chi connectivity index (χ0v) is 11.3. The molecule has 16 heavy (non-hydrogen) atoms. The van der Waals surface area contributed by atoms with Crippen molar-refractivity contribution in [3.63, 3.8) is 0 Å². The molecule has 0 aromatic heterocycles. The fourth-order valence-electron chi connectivity index (χ4n) is 1.99. The van der Waals surface area contributed by atoms with Gasteiger partial charge in [-0.15, -0.1) is 0 Å². The maximum Gasteiger partial charge on any atom is 0.0863 e. The van der Waals surface area contributed by atoms with Crippen LogP contribution in [0.1, 0.15) is 51.9 Å². The Balaban J connectivity index is 1.94. The normalized spacial score (nSPS) is 19.9. The molecule has 0 aromatic rings. The zero-order valence-electron chi connectivity index (χ0n) is 10.5. The molecule has 1 saturated carbocycles. The van der Waals surface area contributed by atoms with Crippen LogP contribution in [0.3, 0.4) is 0 Å². The molecule has 0 saturated heterocycles. The van der Waals surface area contributed by atoms with Crippen molar-refractivity contribution in [1.29, 1.82) is 0 Å². The minimum atomic E-state index is -0.274. The first-order valence-corrected chi connectivity index (χ1v) is 7.75. The van der Waals surface area contributed by atoms with Gasteiger partial charge in [0.05, 0.1) is 12.7 Å². The van der Waals surface area contributed by atoms with Crippen molar-refractivity contribution in [1.82, 2.24) is 0 Å². The lowest BCUT2D eigenvalue weighted by Crippen LogP contribution is -2.21. The summed E-state index contributed by atoms with van der Waals surface area (Å²) in [6.45, 7) is 3.46. The van der Waals surface area contributed by atoms with E-state index < -0.39 is 0 Å². The van der Waals surface area contributed by atoms with Crippen LogP contribution in [-0.2, 0) is 4.74 Å². The lowest BCUT2D eigenvalue weighted by atomic mass is 10.0. The highest BCUT2D eigenvalue weighted by Crippen LogP contribution is 2.28. The first-order valence-electron chi connectivity index (χ1n) is 6.70. The molecule has 1 unspecified atom stereocenters. The SMILES string of the molecule is CCCCOCC(O)CSC1CCCCC1. The van der Waals surface area contributed by atoms with Crippen LogP contribution in [-0.4, -0.2) is 35.4 Å². The third kappa shape index (κ3) is 6.77. The molecule has 1 atom stereocenters. The summed E-state index contributed by atoms with van der Waals surface area (Å²) in [7, 11) is 0. The van der Waals surface area contributed by atoms with Crippen molar-refractivity contribution >= 4 is 11.8 Å². The number of aliphatic hydroxyl groups excluding tert-OH is 1. The molecule has 0 radical (unpaired) electrons. The maximum absolute atomic E-state index is 9.73. The van der Waals surface area contributed by atoms with Crippen molar-refractivity contribution in [2.75, 3.05) is 19.0 Å². The van der Waals surface area contributed by atoms with E-state index in [1.165, 1.54) is 32.1 Å². The zero-order chi connectivity index (χ0) is 11.6. The number of thioether (sulfide) groups is 1. The van der Waals surface area contributed by atoms with Crippen LogP contribution in [0, 0.1) is 0 Å². The summed E-state index contributed by atoms with van der Waals surface area (Å²) in [4.78, 5) is 0. The topological polar surface area (TPSA) is 29.5 Å². The van der Waals surface area contributed by atoms with Crippen molar-refractivity contribution < 1.29 is 9.84 Å². The van der Waals surface area contributed by atoms with E-state index in [0.29, 0.717) is 6.61 Å². The Morgan fingerprint density at radius 2 is 2.06 bits per heavy atom. The summed E-state index contributed by atoms with van der Waals surface area (Å²) in [6, 6.07) is 0. The largest absolute Gasteiger partial charge is 0.390 e. The average Bonchev–Trinajstić information content (AvgIpc) is 2.33. The van der Waals surface area contributed by atoms with Crippen LogP contribution in [0.15, 0.2) is 0 Å². The van der Waals surface area contributed by atoms with Gasteiger partial charge in [-0.25, -0.2) is 0 Å². The van der Waals surface area contributed by atoms with E-state index in [9.17, 15) is 5.11 Å². The van der Waals surface area contributed by atoms with Gasteiger partial charge in [-0.05, 0) is 19.3 Å². The summed E-state index contributed by atoms with van der Waals surface area (Å²) in [5.74, 6) is 0.844. The minimum absolute atomic E-state index is 0.274. The smallest absolute Gasteiger partial charge is 0.0863 e. The quantitative estimate of drug-likeness (QED) is 0.667. The van der Waals surface area contributed by atoms with E-state index in [-0.39, 0.29) is 6.10 Å². The fraction of sp³-hybridized carbons (Fsp3) is 1.00. The van der Waals surface area contributed by atoms with E-state index >= 15 is 0 Å². The van der Waals surface area contributed by atoms with Gasteiger partial charge in [0.1, 0.15) is 0 Å². The van der Waals surface area contributed by atoms with Gasteiger partial charge < -0.3 is 9.84 Å². The van der Waals surface area contributed by atoms with Crippen LogP contribution >= 0.6 is 11.8 Å². The molecule has 1 fully saturated rings. The molecule has 1 aliphatic rings. The summed E-state index contributed by atoms with van der Waals surface area (Å²) in [6.07, 6.45) is 8.82. The first-order chi connectivity index (χ1) is 7.83. The number of ether oxygens (including phenoxy) is 1. The summed E-state index contributed by atoms with van der Waals surface area (Å²) in [5, 5.41) is 10.5. The Morgan fingerprint density at radius 1 is 1.31 bits per heavy atom. The molecule has 0 spiro atoms. The van der Waals surface area contributed by atoms with E-state index in [0.717, 1.165) is 30.5 Å². The van der Waals surface area contributed by atoms with E-state index in [1.807, 2.05) is 11.8 Å². The van der Waals surface area contributed by atoms with Gasteiger partial charge in [-0.3, -0.25) is 0 Å². The molecule has 0 aromatic carbocycles. The predicted octanol–water partition coefficient (Wildman–Crippen LogP) is 3.23. The molecule has 96 valence electrons. The molecule has 2 nitrogen and oxygen atoms in total. The van der Waals surface area contributed by atoms with Gasteiger partial charge in [0.25, 0.3) is 0 Å². The summed E-state index contributed by atoms with van der Waals surface area (Å²) in [5.41, 5.74) is 0. The standard InChI is InChI=1S/C13H26O2S/c1-2-3-9-15-10-12(14)11-16-13-7-5-4-6-8-13/h12-14H,2-11H2,1H3. The highest BCUT2D eigenvalue weighted by molar-refractivity contribution is 7.99. The number of rotatable bonds is 8. The van der Waals surface area contributed by atoms with Crippen LogP contribution in [0.2, 0.25) is 0 Å². The lowest BCUT2D eigenvalue weighted by Gasteiger charge is -2.22. The Hall–Kier alpha value is 0.270. The molecule has 1 N–H and O–H groups in total. The van der Waals surface area contributed by atoms with Crippen molar-refractivity contribution in [3.05, 3.63) is 0 Å². The van der Waals surface area contributed by atoms with Crippen LogP contribution < -0.4 is 0 Å². The Kier molecular flexibility index (Phi) is 8.34. The minimum Gasteiger partial charge on any atom is -0.390 e. The summed E-state index contributed by atoms with van der Waals surface area (Å²) < 4.78 is 5.41. The molecule has 0 bridgehead atoms. The molecule has 0 heterocycles. The molecule has 0 amide bonds. The van der Waals surface area contributed by atoms with Crippen LogP contribution in [0.4, 0.5) is 0 Å². The maximum atomic E-state index is 9.73. The van der Waals surface area contributed by atoms with Crippen molar-refractivity contribution in [2.24, 2.45) is 0 Å². The van der Waals surface area contributed by atoms with Gasteiger partial charge in [0, 0.05) is 17.6 Å². The molecule has 1 aliphatic carbocycles. The third-order valence-corrected chi connectivity index (χ3v) is 4.55. The molecular weight excluding hydrogens is 220 g/mol. The van der Waals surface area contributed by atoms with E-state index in [4.69, 9.17) is 4.74 Å². The Morgan fingerprint density at radius 3 is 2.75 bits per heavy atom. The van der Waals surface area contributed by atoms with Gasteiger partial charge in [-0.2, -0.15) is 11.8 Å². The molecule has 3 heteroatoms. The summed E-state index contributed by atoms with van der Waals surface area (Å²) >= 11 is 1.94. The van der Waals surface area contributed by atoms with Crippen LogP contribution in [0.5, 0.6) is 0 Å². The van der Waals surface area contributed by atoms with E-state index in [1.54, 1.807) is 0 Å². The Bertz CT molecular complexity index is 158. The fourth-order valence-corrected chi connectivity index (χ4v) is 3.25. The second-order valence-corrected chi connectivity index (χ2v) is 6.01. The van der Waals surface area contributed by atoms with Gasteiger partial charge >= 0.3 is 0 Å². The van der Waals surface area contributed by atoms with Crippen molar-refractivity contribution in [3.8, 4) is 0 Å². The number of unbranched alkanes of at least 4 members (excludes halogenated alkanes) is 1. The van der Waals surface area contributed by atoms with Gasteiger partial charge in [-0.1, -0.05) is 32.6 Å². The second-order valence-electron chi connectivity index (χ2n) is 4.68. The van der Waals surface area contributed by atoms with Gasteiger partial charge in [0.2, 0.25) is 0 Å². The predicted molar refractivity (Wildman–Crippen MR) is 71.1 cm³/mol. The lowest BCUT2D eigenvalue weighted by molar-refractivity contribution is 0.0473. The van der Waals surface area contributed by atoms with Crippen molar-refractivity contribution in [2.45, 2.75) is 63.2 Å². The highest BCUT2D eigenvalue weighted by atomic mass is 32.2. The number of hydrogen-bond donors (Lipinski definition) is 1. The number of aliphatic hydroxyl groups is 1.